The molecule has 6 heteroatoms. The molecule has 0 spiro atoms. The van der Waals surface area contributed by atoms with Gasteiger partial charge in [-0.1, -0.05) is 26.2 Å². The van der Waals surface area contributed by atoms with Gasteiger partial charge in [-0.25, -0.2) is 8.42 Å². The Kier molecular flexibility index (Phi) is 6.55. The highest BCUT2D eigenvalue weighted by Crippen LogP contribution is 2.26. The summed E-state index contributed by atoms with van der Waals surface area (Å²) in [5, 5.41) is 8.60. The van der Waals surface area contributed by atoms with Gasteiger partial charge >= 0.3 is 0 Å². The lowest BCUT2D eigenvalue weighted by Gasteiger charge is -2.35. The highest BCUT2D eigenvalue weighted by atomic mass is 32.2. The van der Waals surface area contributed by atoms with Gasteiger partial charge in [0.25, 0.3) is 0 Å². The molecule has 0 aliphatic heterocycles. The Morgan fingerprint density at radius 2 is 1.94 bits per heavy atom. The van der Waals surface area contributed by atoms with Crippen LogP contribution in [0.3, 0.4) is 0 Å². The monoisotopic (exact) mass is 278 g/mol. The molecule has 0 saturated heterocycles. The Balaban J connectivity index is 2.88. The molecule has 1 saturated carbocycles. The smallest absolute Gasteiger partial charge is 0.218 e. The van der Waals surface area contributed by atoms with Crippen LogP contribution < -0.4 is 5.73 Å². The van der Waals surface area contributed by atoms with Crippen LogP contribution in [0.4, 0.5) is 0 Å². The lowest BCUT2D eigenvalue weighted by Crippen LogP contribution is -2.48. The van der Waals surface area contributed by atoms with Crippen LogP contribution in [0.5, 0.6) is 0 Å². The average Bonchev–Trinajstić information content (AvgIpc) is 2.38. The summed E-state index contributed by atoms with van der Waals surface area (Å²) in [7, 11) is -3.38. The van der Waals surface area contributed by atoms with Crippen LogP contribution in [0.2, 0.25) is 0 Å². The molecule has 1 aliphatic carbocycles. The fourth-order valence-electron chi connectivity index (χ4n) is 2.68. The zero-order valence-corrected chi connectivity index (χ0v) is 12.0. The van der Waals surface area contributed by atoms with E-state index in [1.165, 1.54) is 10.7 Å². The minimum atomic E-state index is -3.38. The lowest BCUT2D eigenvalue weighted by molar-refractivity contribution is 0.198. The van der Waals surface area contributed by atoms with E-state index in [9.17, 15) is 8.42 Å². The van der Waals surface area contributed by atoms with Gasteiger partial charge in [0.05, 0.1) is 11.9 Å². The molecular weight excluding hydrogens is 252 g/mol. The first-order valence-corrected chi connectivity index (χ1v) is 8.39. The molecule has 18 heavy (non-hydrogen) atoms. The molecule has 1 atom stereocenters. The van der Waals surface area contributed by atoms with Gasteiger partial charge in [-0.15, -0.1) is 0 Å². The zero-order valence-electron chi connectivity index (χ0n) is 11.2. The van der Waals surface area contributed by atoms with E-state index in [2.05, 4.69) is 0 Å². The third-order valence-electron chi connectivity index (χ3n) is 3.77. The molecule has 0 aromatic rings. The SMILES string of the molecule is CCC(CN)S(=O)(=O)N(CCO)C1CCCCC1. The van der Waals surface area contributed by atoms with E-state index in [4.69, 9.17) is 10.8 Å². The predicted octanol–water partition coefficient (Wildman–Crippen LogP) is 0.681. The summed E-state index contributed by atoms with van der Waals surface area (Å²) in [5.74, 6) is 0. The molecular formula is C12H26N2O3S. The third kappa shape index (κ3) is 3.66. The first-order chi connectivity index (χ1) is 8.57. The van der Waals surface area contributed by atoms with E-state index in [0.29, 0.717) is 6.42 Å². The molecule has 1 unspecified atom stereocenters. The van der Waals surface area contributed by atoms with Crippen molar-refractivity contribution in [3.63, 3.8) is 0 Å². The number of aliphatic hydroxyl groups is 1. The first-order valence-electron chi connectivity index (χ1n) is 6.89. The van der Waals surface area contributed by atoms with Crippen molar-refractivity contribution in [3.8, 4) is 0 Å². The standard InChI is InChI=1S/C12H26N2O3S/c1-2-12(10-13)18(16,17)14(8-9-15)11-6-4-3-5-7-11/h11-12,15H,2-10,13H2,1H3. The second-order valence-corrected chi connectivity index (χ2v) is 7.10. The van der Waals surface area contributed by atoms with Crippen LogP contribution in [0, 0.1) is 0 Å². The minimum absolute atomic E-state index is 0.0523. The van der Waals surface area contributed by atoms with E-state index < -0.39 is 15.3 Å². The van der Waals surface area contributed by atoms with E-state index in [-0.39, 0.29) is 25.7 Å². The van der Waals surface area contributed by atoms with Crippen LogP contribution in [0.1, 0.15) is 45.4 Å². The topological polar surface area (TPSA) is 83.6 Å². The van der Waals surface area contributed by atoms with Crippen molar-refractivity contribution in [1.82, 2.24) is 4.31 Å². The number of nitrogens with zero attached hydrogens (tertiary/aromatic N) is 1. The highest BCUT2D eigenvalue weighted by Gasteiger charge is 2.35. The Morgan fingerprint density at radius 1 is 1.33 bits per heavy atom. The quantitative estimate of drug-likeness (QED) is 0.717. The first kappa shape index (κ1) is 15.9. The highest BCUT2D eigenvalue weighted by molar-refractivity contribution is 7.89. The zero-order chi connectivity index (χ0) is 13.6. The maximum atomic E-state index is 12.5. The van der Waals surface area contributed by atoms with Crippen LogP contribution >= 0.6 is 0 Å². The number of hydrogen-bond acceptors (Lipinski definition) is 4. The van der Waals surface area contributed by atoms with Crippen molar-refractivity contribution in [2.45, 2.75) is 56.7 Å². The van der Waals surface area contributed by atoms with E-state index in [1.807, 2.05) is 6.92 Å². The Morgan fingerprint density at radius 3 is 2.39 bits per heavy atom. The van der Waals surface area contributed by atoms with E-state index >= 15 is 0 Å². The van der Waals surface area contributed by atoms with Crippen LogP contribution in [-0.4, -0.2) is 48.8 Å². The van der Waals surface area contributed by atoms with Crippen molar-refractivity contribution in [3.05, 3.63) is 0 Å². The summed E-state index contributed by atoms with van der Waals surface area (Å²) >= 11 is 0. The fraction of sp³-hybridized carbons (Fsp3) is 1.00. The summed E-state index contributed by atoms with van der Waals surface area (Å²) in [4.78, 5) is 0. The average molecular weight is 278 g/mol. The fourth-order valence-corrected chi connectivity index (χ4v) is 4.69. The number of aliphatic hydroxyl groups excluding tert-OH is 1. The Hall–Kier alpha value is -0.170. The Bertz CT molecular complexity index is 322. The minimum Gasteiger partial charge on any atom is -0.395 e. The summed E-state index contributed by atoms with van der Waals surface area (Å²) in [6.07, 6.45) is 5.65. The molecule has 0 bridgehead atoms. The second-order valence-electron chi connectivity index (χ2n) is 4.94. The van der Waals surface area contributed by atoms with Crippen molar-refractivity contribution < 1.29 is 13.5 Å². The van der Waals surface area contributed by atoms with E-state index in [1.54, 1.807) is 0 Å². The molecule has 3 N–H and O–H groups in total. The van der Waals surface area contributed by atoms with Crippen molar-refractivity contribution in [2.24, 2.45) is 5.73 Å². The Labute approximate surface area is 110 Å². The lowest BCUT2D eigenvalue weighted by atomic mass is 9.95. The van der Waals surface area contributed by atoms with E-state index in [0.717, 1.165) is 25.7 Å². The van der Waals surface area contributed by atoms with Crippen molar-refractivity contribution in [1.29, 1.82) is 0 Å². The van der Waals surface area contributed by atoms with Crippen LogP contribution in [-0.2, 0) is 10.0 Å². The summed E-state index contributed by atoms with van der Waals surface area (Å²) < 4.78 is 26.5. The van der Waals surface area contributed by atoms with Crippen LogP contribution in [0.25, 0.3) is 0 Å². The molecule has 0 aromatic carbocycles. The molecule has 5 nitrogen and oxygen atoms in total. The predicted molar refractivity (Wildman–Crippen MR) is 72.7 cm³/mol. The number of rotatable bonds is 7. The number of sulfonamides is 1. The van der Waals surface area contributed by atoms with Crippen molar-refractivity contribution in [2.75, 3.05) is 19.7 Å². The van der Waals surface area contributed by atoms with Gasteiger partial charge in [-0.2, -0.15) is 4.31 Å². The van der Waals surface area contributed by atoms with Gasteiger partial charge in [0.15, 0.2) is 0 Å². The summed E-state index contributed by atoms with van der Waals surface area (Å²) in [6.45, 7) is 2.06. The molecule has 108 valence electrons. The number of hydrogen-bond donors (Lipinski definition) is 2. The molecule has 1 aliphatic rings. The van der Waals surface area contributed by atoms with Gasteiger partial charge in [0.2, 0.25) is 10.0 Å². The van der Waals surface area contributed by atoms with Crippen LogP contribution in [0.15, 0.2) is 0 Å². The van der Waals surface area contributed by atoms with Gasteiger partial charge in [0.1, 0.15) is 0 Å². The van der Waals surface area contributed by atoms with Gasteiger partial charge in [0, 0.05) is 19.1 Å². The summed E-state index contributed by atoms with van der Waals surface area (Å²) in [6, 6.07) is 0.0523. The molecule has 0 radical (unpaired) electrons. The maximum absolute atomic E-state index is 12.5. The number of nitrogens with two attached hydrogens (primary N) is 1. The normalized spacial score (nSPS) is 20.2. The maximum Gasteiger partial charge on any atom is 0.218 e. The molecule has 1 fully saturated rings. The van der Waals surface area contributed by atoms with Crippen molar-refractivity contribution >= 4 is 10.0 Å². The summed E-state index contributed by atoms with van der Waals surface area (Å²) in [5.41, 5.74) is 5.56. The van der Waals surface area contributed by atoms with Gasteiger partial charge in [-0.3, -0.25) is 0 Å². The molecule has 0 aromatic heterocycles. The molecule has 1 rings (SSSR count). The molecule has 0 amide bonds. The second kappa shape index (κ2) is 7.43. The van der Waals surface area contributed by atoms with Gasteiger partial charge in [-0.05, 0) is 19.3 Å². The largest absolute Gasteiger partial charge is 0.395 e. The third-order valence-corrected chi connectivity index (χ3v) is 6.27. The molecule has 0 heterocycles. The van der Waals surface area contributed by atoms with Gasteiger partial charge < -0.3 is 10.8 Å².